The molecule has 0 aliphatic rings. The van der Waals surface area contributed by atoms with E-state index in [2.05, 4.69) is 57.5 Å². The summed E-state index contributed by atoms with van der Waals surface area (Å²) in [7, 11) is -0.738. The van der Waals surface area contributed by atoms with Gasteiger partial charge in [-0.15, -0.1) is 0 Å². The summed E-state index contributed by atoms with van der Waals surface area (Å²) in [6, 6.07) is 0. The third kappa shape index (κ3) is 6.34. The fraction of sp³-hybridized carbons (Fsp3) is 0.882. The monoisotopic (exact) mass is 298 g/mol. The Balaban J connectivity index is 5.46. The zero-order valence-corrected chi connectivity index (χ0v) is 16.3. The van der Waals surface area contributed by atoms with Crippen LogP contribution >= 0.6 is 0 Å². The van der Waals surface area contributed by atoms with Gasteiger partial charge in [-0.3, -0.25) is 0 Å². The highest BCUT2D eigenvalue weighted by Crippen LogP contribution is 2.20. The molecule has 0 fully saturated rings. The molecule has 3 heteroatoms. The predicted octanol–water partition coefficient (Wildman–Crippen LogP) is 4.49. The van der Waals surface area contributed by atoms with Crippen LogP contribution in [0.2, 0.25) is 13.1 Å². The summed E-state index contributed by atoms with van der Waals surface area (Å²) in [5.74, 6) is 1.58. The van der Waals surface area contributed by atoms with Crippen molar-refractivity contribution in [1.29, 1.82) is 0 Å². The van der Waals surface area contributed by atoms with Crippen molar-refractivity contribution in [2.45, 2.75) is 73.4 Å². The minimum atomic E-state index is -0.738. The smallest absolute Gasteiger partial charge is 0.0984 e. The lowest BCUT2D eigenvalue weighted by Gasteiger charge is -2.38. The van der Waals surface area contributed by atoms with Crippen LogP contribution in [0.5, 0.6) is 0 Å². The first-order chi connectivity index (χ1) is 9.53. The summed E-state index contributed by atoms with van der Waals surface area (Å²) < 4.78 is 0. The van der Waals surface area contributed by atoms with Crippen molar-refractivity contribution in [2.75, 3.05) is 26.2 Å². The Kier molecular flexibility index (Phi) is 11.0. The number of hydrogen-bond donors (Lipinski definition) is 0. The number of rotatable bonds is 11. The molecule has 20 heavy (non-hydrogen) atoms. The van der Waals surface area contributed by atoms with Crippen molar-refractivity contribution in [3.05, 3.63) is 11.0 Å². The molecule has 0 saturated heterocycles. The molecule has 0 radical (unpaired) electrons. The SMILES string of the molecule is CCCN(CCC)C(=C(C)[SiH](C)C)N(CCC)CCC. The number of hydrogen-bond acceptors (Lipinski definition) is 2. The Bertz CT molecular complexity index is 244. The Morgan fingerprint density at radius 1 is 0.700 bits per heavy atom. The number of nitrogens with zero attached hydrogens (tertiary/aromatic N) is 2. The minimum absolute atomic E-state index is 0.738. The summed E-state index contributed by atoms with van der Waals surface area (Å²) in [6.45, 7) is 21.3. The van der Waals surface area contributed by atoms with E-state index in [0.29, 0.717) is 0 Å². The third-order valence-electron chi connectivity index (χ3n) is 3.79. The van der Waals surface area contributed by atoms with E-state index in [1.54, 1.807) is 11.0 Å². The second-order valence-corrected chi connectivity index (χ2v) is 9.31. The lowest BCUT2D eigenvalue weighted by atomic mass is 10.3. The van der Waals surface area contributed by atoms with E-state index in [1.165, 1.54) is 51.9 Å². The summed E-state index contributed by atoms with van der Waals surface area (Å²) in [4.78, 5) is 5.32. The molecule has 0 aliphatic heterocycles. The van der Waals surface area contributed by atoms with Crippen LogP contribution in [0, 0.1) is 0 Å². The van der Waals surface area contributed by atoms with Crippen molar-refractivity contribution < 1.29 is 0 Å². The molecule has 0 aromatic rings. The molecule has 0 aromatic carbocycles. The maximum atomic E-state index is 2.66. The molecule has 0 bridgehead atoms. The lowest BCUT2D eigenvalue weighted by Crippen LogP contribution is -2.39. The second kappa shape index (κ2) is 11.2. The van der Waals surface area contributed by atoms with Crippen molar-refractivity contribution in [3.63, 3.8) is 0 Å². The normalized spacial score (nSPS) is 10.8. The van der Waals surface area contributed by atoms with Gasteiger partial charge in [0.05, 0.1) is 14.6 Å². The molecule has 0 atom stereocenters. The number of allylic oxidation sites excluding steroid dienone is 1. The van der Waals surface area contributed by atoms with Crippen LogP contribution < -0.4 is 0 Å². The van der Waals surface area contributed by atoms with E-state index in [4.69, 9.17) is 0 Å². The van der Waals surface area contributed by atoms with Crippen molar-refractivity contribution in [2.24, 2.45) is 0 Å². The summed E-state index contributed by atoms with van der Waals surface area (Å²) >= 11 is 0. The van der Waals surface area contributed by atoms with E-state index < -0.39 is 8.80 Å². The molecule has 120 valence electrons. The molecule has 0 saturated carbocycles. The van der Waals surface area contributed by atoms with E-state index in [-0.39, 0.29) is 0 Å². The third-order valence-corrected chi connectivity index (χ3v) is 5.78. The van der Waals surface area contributed by atoms with Gasteiger partial charge in [0.25, 0.3) is 0 Å². The highest BCUT2D eigenvalue weighted by atomic mass is 28.3. The lowest BCUT2D eigenvalue weighted by molar-refractivity contribution is 0.205. The molecule has 0 amide bonds. The Morgan fingerprint density at radius 2 is 1.00 bits per heavy atom. The van der Waals surface area contributed by atoms with E-state index in [0.717, 1.165) is 0 Å². The molecular weight excluding hydrogens is 260 g/mol. The maximum Gasteiger partial charge on any atom is 0.0984 e. The minimum Gasteiger partial charge on any atom is -0.359 e. The van der Waals surface area contributed by atoms with Gasteiger partial charge in [0.15, 0.2) is 0 Å². The van der Waals surface area contributed by atoms with Gasteiger partial charge in [0.1, 0.15) is 0 Å². The van der Waals surface area contributed by atoms with Gasteiger partial charge in [0.2, 0.25) is 0 Å². The van der Waals surface area contributed by atoms with E-state index in [1.807, 2.05) is 0 Å². The molecule has 0 aliphatic carbocycles. The molecule has 0 N–H and O–H groups in total. The molecular formula is C17H38N2Si. The predicted molar refractivity (Wildman–Crippen MR) is 95.9 cm³/mol. The van der Waals surface area contributed by atoms with Crippen molar-refractivity contribution in [3.8, 4) is 0 Å². The van der Waals surface area contributed by atoms with Gasteiger partial charge in [-0.25, -0.2) is 0 Å². The fourth-order valence-electron chi connectivity index (χ4n) is 2.68. The highest BCUT2D eigenvalue weighted by Gasteiger charge is 2.19. The van der Waals surface area contributed by atoms with Crippen LogP contribution in [0.25, 0.3) is 0 Å². The van der Waals surface area contributed by atoms with Crippen LogP contribution in [-0.2, 0) is 0 Å². The first kappa shape index (κ1) is 19.6. The van der Waals surface area contributed by atoms with Gasteiger partial charge in [-0.2, -0.15) is 0 Å². The van der Waals surface area contributed by atoms with Crippen molar-refractivity contribution >= 4 is 8.80 Å². The first-order valence-electron chi connectivity index (χ1n) is 8.73. The molecule has 0 rings (SSSR count). The molecule has 2 nitrogen and oxygen atoms in total. The Hall–Kier alpha value is -0.443. The van der Waals surface area contributed by atoms with Gasteiger partial charge in [-0.1, -0.05) is 40.8 Å². The highest BCUT2D eigenvalue weighted by molar-refractivity contribution is 6.63. The van der Waals surface area contributed by atoms with Crippen LogP contribution in [0.3, 0.4) is 0 Å². The summed E-state index contributed by atoms with van der Waals surface area (Å²) in [5, 5.41) is 1.69. The molecule has 0 spiro atoms. The largest absolute Gasteiger partial charge is 0.359 e. The van der Waals surface area contributed by atoms with Crippen LogP contribution in [0.15, 0.2) is 11.0 Å². The molecule has 0 unspecified atom stereocenters. The van der Waals surface area contributed by atoms with Crippen LogP contribution in [-0.4, -0.2) is 44.8 Å². The Morgan fingerprint density at radius 3 is 1.20 bits per heavy atom. The van der Waals surface area contributed by atoms with Crippen molar-refractivity contribution in [1.82, 2.24) is 9.80 Å². The average molecular weight is 299 g/mol. The maximum absolute atomic E-state index is 2.66. The molecule has 0 aromatic heterocycles. The zero-order valence-electron chi connectivity index (χ0n) is 15.1. The van der Waals surface area contributed by atoms with E-state index in [9.17, 15) is 0 Å². The first-order valence-corrected chi connectivity index (χ1v) is 11.6. The Labute approximate surface area is 129 Å². The van der Waals surface area contributed by atoms with Gasteiger partial charge >= 0.3 is 0 Å². The zero-order chi connectivity index (χ0) is 15.5. The van der Waals surface area contributed by atoms with Crippen LogP contribution in [0.1, 0.15) is 60.3 Å². The topological polar surface area (TPSA) is 6.48 Å². The second-order valence-electron chi connectivity index (χ2n) is 6.14. The molecule has 0 heterocycles. The van der Waals surface area contributed by atoms with E-state index >= 15 is 0 Å². The fourth-order valence-corrected chi connectivity index (χ4v) is 3.57. The van der Waals surface area contributed by atoms with Gasteiger partial charge in [0, 0.05) is 26.2 Å². The summed E-state index contributed by atoms with van der Waals surface area (Å²) in [6.07, 6.45) is 4.95. The van der Waals surface area contributed by atoms with Crippen LogP contribution in [0.4, 0.5) is 0 Å². The van der Waals surface area contributed by atoms with Gasteiger partial charge < -0.3 is 9.80 Å². The average Bonchev–Trinajstić information content (AvgIpc) is 2.39. The quantitative estimate of drug-likeness (QED) is 0.519. The van der Waals surface area contributed by atoms with Gasteiger partial charge in [-0.05, 0) is 37.8 Å². The summed E-state index contributed by atoms with van der Waals surface area (Å²) in [5.41, 5.74) is 0. The standard InChI is InChI=1S/C17H38N2Si/c1-8-12-18(13-9-2)17(16(5)20(6)7)19(14-10-3)15-11-4/h20H,8-15H2,1-7H3.